The van der Waals surface area contributed by atoms with Crippen LogP contribution in [-0.2, 0) is 9.59 Å². The predicted octanol–water partition coefficient (Wildman–Crippen LogP) is 2.69. The highest BCUT2D eigenvalue weighted by Gasteiger charge is 2.36. The van der Waals surface area contributed by atoms with Crippen LogP contribution in [0.4, 0.5) is 4.39 Å². The largest absolute Gasteiger partial charge is 0.344 e. The van der Waals surface area contributed by atoms with Crippen molar-refractivity contribution < 1.29 is 18.8 Å². The minimum Gasteiger partial charge on any atom is -0.344 e. The van der Waals surface area contributed by atoms with Crippen molar-refractivity contribution in [1.29, 1.82) is 0 Å². The van der Waals surface area contributed by atoms with Gasteiger partial charge < -0.3 is 15.1 Å². The lowest BCUT2D eigenvalue weighted by atomic mass is 9.93. The number of amides is 3. The van der Waals surface area contributed by atoms with Crippen molar-refractivity contribution in [3.05, 3.63) is 35.6 Å². The number of halogens is 1. The molecule has 6 nitrogen and oxygen atoms in total. The molecule has 2 unspecified atom stereocenters. The summed E-state index contributed by atoms with van der Waals surface area (Å²) in [5, 5.41) is 2.89. The van der Waals surface area contributed by atoms with Gasteiger partial charge in [0.1, 0.15) is 11.9 Å². The Morgan fingerprint density at radius 2 is 1.69 bits per heavy atom. The molecule has 1 aromatic carbocycles. The van der Waals surface area contributed by atoms with Crippen LogP contribution in [0.25, 0.3) is 0 Å². The van der Waals surface area contributed by atoms with Crippen molar-refractivity contribution >= 4 is 17.7 Å². The first-order chi connectivity index (χ1) is 13.4. The van der Waals surface area contributed by atoms with Gasteiger partial charge in [-0.3, -0.25) is 14.4 Å². The van der Waals surface area contributed by atoms with Crippen LogP contribution in [-0.4, -0.2) is 59.2 Å². The highest BCUT2D eigenvalue weighted by molar-refractivity contribution is 5.95. The maximum Gasteiger partial charge on any atom is 0.254 e. The first-order valence-corrected chi connectivity index (χ1v) is 10.1. The second-order valence-corrected chi connectivity index (χ2v) is 9.08. The summed E-state index contributed by atoms with van der Waals surface area (Å²) in [6.45, 7) is 12.3. The third-order valence-corrected chi connectivity index (χ3v) is 5.19. The van der Waals surface area contributed by atoms with Gasteiger partial charge in [-0.25, -0.2) is 4.39 Å². The van der Waals surface area contributed by atoms with E-state index in [9.17, 15) is 18.8 Å². The summed E-state index contributed by atoms with van der Waals surface area (Å²) in [6, 6.07) is 4.69. The van der Waals surface area contributed by atoms with Crippen LogP contribution in [0.15, 0.2) is 24.3 Å². The zero-order valence-electron chi connectivity index (χ0n) is 18.2. The maximum atomic E-state index is 13.1. The van der Waals surface area contributed by atoms with Gasteiger partial charge in [-0.1, -0.05) is 34.6 Å². The lowest BCUT2D eigenvalue weighted by Gasteiger charge is -2.41. The fraction of sp³-hybridized carbons (Fsp3) is 0.591. The van der Waals surface area contributed by atoms with E-state index in [1.165, 1.54) is 24.3 Å². The van der Waals surface area contributed by atoms with Crippen LogP contribution in [0.3, 0.4) is 0 Å². The normalized spacial score (nSPS) is 18.6. The van der Waals surface area contributed by atoms with Crippen molar-refractivity contribution in [1.82, 2.24) is 15.1 Å². The molecule has 1 saturated heterocycles. The smallest absolute Gasteiger partial charge is 0.254 e. The minimum atomic E-state index is -0.603. The SMILES string of the molecule is CC(C)C(NC(=O)C(C)(C)C)C(=O)N1CCN(C(=O)c2ccc(F)cc2)C(C)C1. The topological polar surface area (TPSA) is 69.7 Å². The molecule has 0 aromatic heterocycles. The Bertz CT molecular complexity index is 756. The van der Waals surface area contributed by atoms with Gasteiger partial charge in [0, 0.05) is 36.7 Å². The third-order valence-electron chi connectivity index (χ3n) is 5.19. The zero-order valence-corrected chi connectivity index (χ0v) is 18.2. The first-order valence-electron chi connectivity index (χ1n) is 10.1. The summed E-state index contributed by atoms with van der Waals surface area (Å²) in [7, 11) is 0. The standard InChI is InChI=1S/C22H32FN3O3/c1-14(2)18(24-21(29)22(4,5)6)20(28)25-11-12-26(15(3)13-25)19(27)16-7-9-17(23)10-8-16/h7-10,14-15,18H,11-13H2,1-6H3,(H,24,29). The predicted molar refractivity (Wildman–Crippen MR) is 110 cm³/mol. The summed E-state index contributed by atoms with van der Waals surface area (Å²) < 4.78 is 13.1. The van der Waals surface area contributed by atoms with E-state index in [4.69, 9.17) is 0 Å². The van der Waals surface area contributed by atoms with Gasteiger partial charge >= 0.3 is 0 Å². The zero-order chi connectivity index (χ0) is 21.9. The Hall–Kier alpha value is -2.44. The Morgan fingerprint density at radius 1 is 1.10 bits per heavy atom. The van der Waals surface area contributed by atoms with E-state index < -0.39 is 11.5 Å². The molecule has 1 aliphatic heterocycles. The molecule has 1 N–H and O–H groups in total. The van der Waals surface area contributed by atoms with Crippen LogP contribution in [0.5, 0.6) is 0 Å². The number of piperazine rings is 1. The molecule has 2 rings (SSSR count). The van der Waals surface area contributed by atoms with Crippen LogP contribution >= 0.6 is 0 Å². The Morgan fingerprint density at radius 3 is 2.17 bits per heavy atom. The average molecular weight is 406 g/mol. The van der Waals surface area contributed by atoms with Crippen LogP contribution in [0.1, 0.15) is 51.9 Å². The van der Waals surface area contributed by atoms with Gasteiger partial charge in [-0.05, 0) is 37.1 Å². The Balaban J connectivity index is 2.06. The van der Waals surface area contributed by atoms with Gasteiger partial charge in [0.05, 0.1) is 0 Å². The lowest BCUT2D eigenvalue weighted by molar-refractivity contribution is -0.141. The van der Waals surface area contributed by atoms with E-state index in [0.717, 1.165) is 0 Å². The molecule has 1 aromatic rings. The van der Waals surface area contributed by atoms with E-state index in [1.54, 1.807) is 9.80 Å². The van der Waals surface area contributed by atoms with E-state index in [1.807, 2.05) is 41.5 Å². The van der Waals surface area contributed by atoms with E-state index in [-0.39, 0.29) is 35.5 Å². The monoisotopic (exact) mass is 405 g/mol. The molecular weight excluding hydrogens is 373 g/mol. The number of nitrogens with one attached hydrogen (secondary N) is 1. The number of hydrogen-bond donors (Lipinski definition) is 1. The summed E-state index contributed by atoms with van der Waals surface area (Å²) >= 11 is 0. The Kier molecular flexibility index (Phi) is 7.03. The molecule has 0 aliphatic carbocycles. The molecule has 2 atom stereocenters. The summed E-state index contributed by atoms with van der Waals surface area (Å²) in [4.78, 5) is 41.6. The van der Waals surface area contributed by atoms with Crippen molar-refractivity contribution in [2.45, 2.75) is 53.6 Å². The molecule has 0 radical (unpaired) electrons. The van der Waals surface area contributed by atoms with Gasteiger partial charge in [0.25, 0.3) is 5.91 Å². The maximum absolute atomic E-state index is 13.1. The van der Waals surface area contributed by atoms with E-state index in [2.05, 4.69) is 5.32 Å². The van der Waals surface area contributed by atoms with Crippen molar-refractivity contribution in [2.24, 2.45) is 11.3 Å². The van der Waals surface area contributed by atoms with Crippen LogP contribution in [0, 0.1) is 17.2 Å². The molecule has 160 valence electrons. The number of rotatable bonds is 4. The molecular formula is C22H32FN3O3. The molecule has 29 heavy (non-hydrogen) atoms. The quantitative estimate of drug-likeness (QED) is 0.837. The van der Waals surface area contributed by atoms with Gasteiger partial charge in [0.2, 0.25) is 11.8 Å². The summed E-state index contributed by atoms with van der Waals surface area (Å²) in [5.74, 6) is -0.905. The second kappa shape index (κ2) is 8.93. The molecule has 0 bridgehead atoms. The van der Waals surface area contributed by atoms with Crippen LogP contribution in [0.2, 0.25) is 0 Å². The molecule has 3 amide bonds. The number of benzene rings is 1. The van der Waals surface area contributed by atoms with E-state index >= 15 is 0 Å². The number of hydrogen-bond acceptors (Lipinski definition) is 3. The van der Waals surface area contributed by atoms with Crippen LogP contribution < -0.4 is 5.32 Å². The molecule has 1 aliphatic rings. The van der Waals surface area contributed by atoms with Gasteiger partial charge in [-0.15, -0.1) is 0 Å². The molecule has 1 fully saturated rings. The molecule has 0 saturated carbocycles. The highest BCUT2D eigenvalue weighted by Crippen LogP contribution is 2.19. The Labute approximate surface area is 172 Å². The summed E-state index contributed by atoms with van der Waals surface area (Å²) in [5.41, 5.74) is -0.156. The van der Waals surface area contributed by atoms with Gasteiger partial charge in [0.15, 0.2) is 0 Å². The lowest BCUT2D eigenvalue weighted by Crippen LogP contribution is -2.60. The van der Waals surface area contributed by atoms with Crippen molar-refractivity contribution in [3.8, 4) is 0 Å². The molecule has 0 spiro atoms. The fourth-order valence-electron chi connectivity index (χ4n) is 3.29. The van der Waals surface area contributed by atoms with Crippen molar-refractivity contribution in [3.63, 3.8) is 0 Å². The first kappa shape index (κ1) is 22.8. The van der Waals surface area contributed by atoms with Crippen molar-refractivity contribution in [2.75, 3.05) is 19.6 Å². The van der Waals surface area contributed by atoms with Gasteiger partial charge in [-0.2, -0.15) is 0 Å². The fourth-order valence-corrected chi connectivity index (χ4v) is 3.29. The minimum absolute atomic E-state index is 0.0528. The van der Waals surface area contributed by atoms with E-state index in [0.29, 0.717) is 25.2 Å². The number of carbonyl (C=O) groups is 3. The average Bonchev–Trinajstić information content (AvgIpc) is 2.64. The summed E-state index contributed by atoms with van der Waals surface area (Å²) in [6.07, 6.45) is 0. The molecule has 1 heterocycles. The number of carbonyl (C=O) groups excluding carboxylic acids is 3. The molecule has 7 heteroatoms. The third kappa shape index (κ3) is 5.55. The number of nitrogens with zero attached hydrogens (tertiary/aromatic N) is 2. The highest BCUT2D eigenvalue weighted by atomic mass is 19.1. The second-order valence-electron chi connectivity index (χ2n) is 9.08.